The van der Waals surface area contributed by atoms with E-state index in [1.54, 1.807) is 6.92 Å². The Hall–Kier alpha value is -1.43. The van der Waals surface area contributed by atoms with Crippen molar-refractivity contribution in [3.05, 3.63) is 11.7 Å². The van der Waals surface area contributed by atoms with E-state index in [1.807, 2.05) is 13.8 Å². The Kier molecular flexibility index (Phi) is 4.42. The number of hydrogen-bond acceptors (Lipinski definition) is 6. The lowest BCUT2D eigenvalue weighted by molar-refractivity contribution is 0.0508. The standard InChI is InChI=1S/C10H17N3O3/c1-4-6(3)7(11)9-12-8(13-16-9)10(14)15-5-2/h6-7H,4-5,11H2,1-3H3/t6-,7-/m0/s1. The zero-order valence-corrected chi connectivity index (χ0v) is 9.77. The Morgan fingerprint density at radius 1 is 1.56 bits per heavy atom. The van der Waals surface area contributed by atoms with Crippen LogP contribution in [0.4, 0.5) is 0 Å². The highest BCUT2D eigenvalue weighted by molar-refractivity contribution is 5.84. The highest BCUT2D eigenvalue weighted by Crippen LogP contribution is 2.19. The van der Waals surface area contributed by atoms with Gasteiger partial charge in [0.2, 0.25) is 5.89 Å². The molecule has 0 spiro atoms. The van der Waals surface area contributed by atoms with Crippen molar-refractivity contribution in [2.45, 2.75) is 33.2 Å². The van der Waals surface area contributed by atoms with Gasteiger partial charge in [0.1, 0.15) is 0 Å². The second kappa shape index (κ2) is 5.60. The van der Waals surface area contributed by atoms with Crippen LogP contribution < -0.4 is 5.73 Å². The third-order valence-corrected chi connectivity index (χ3v) is 2.44. The topological polar surface area (TPSA) is 91.2 Å². The molecule has 0 saturated heterocycles. The lowest BCUT2D eigenvalue weighted by atomic mass is 10.0. The number of nitrogens with two attached hydrogens (primary N) is 1. The summed E-state index contributed by atoms with van der Waals surface area (Å²) in [4.78, 5) is 15.2. The summed E-state index contributed by atoms with van der Waals surface area (Å²) >= 11 is 0. The molecule has 6 heteroatoms. The van der Waals surface area contributed by atoms with E-state index in [0.29, 0.717) is 0 Å². The van der Waals surface area contributed by atoms with E-state index >= 15 is 0 Å². The minimum atomic E-state index is -0.589. The second-order valence-corrected chi connectivity index (χ2v) is 3.59. The predicted octanol–water partition coefficient (Wildman–Crippen LogP) is 1.29. The van der Waals surface area contributed by atoms with Gasteiger partial charge in [-0.05, 0) is 18.0 Å². The zero-order valence-electron chi connectivity index (χ0n) is 9.77. The quantitative estimate of drug-likeness (QED) is 0.762. The average Bonchev–Trinajstić information content (AvgIpc) is 2.76. The second-order valence-electron chi connectivity index (χ2n) is 3.59. The van der Waals surface area contributed by atoms with Gasteiger partial charge in [-0.3, -0.25) is 0 Å². The molecule has 2 atom stereocenters. The van der Waals surface area contributed by atoms with Gasteiger partial charge in [0.25, 0.3) is 5.82 Å². The number of aromatic nitrogens is 2. The molecule has 0 aromatic carbocycles. The molecule has 0 unspecified atom stereocenters. The van der Waals surface area contributed by atoms with E-state index in [-0.39, 0.29) is 30.3 Å². The zero-order chi connectivity index (χ0) is 12.1. The molecule has 90 valence electrons. The molecule has 0 bridgehead atoms. The first kappa shape index (κ1) is 12.6. The summed E-state index contributed by atoms with van der Waals surface area (Å²) < 4.78 is 9.67. The number of carbonyl (C=O) groups is 1. The van der Waals surface area contributed by atoms with Gasteiger partial charge in [-0.25, -0.2) is 4.79 Å². The summed E-state index contributed by atoms with van der Waals surface area (Å²) in [6, 6.07) is -0.347. The molecule has 0 aliphatic carbocycles. The molecule has 0 radical (unpaired) electrons. The van der Waals surface area contributed by atoms with Crippen LogP contribution in [0.15, 0.2) is 4.52 Å². The lowest BCUT2D eigenvalue weighted by Crippen LogP contribution is -2.19. The predicted molar refractivity (Wildman–Crippen MR) is 56.6 cm³/mol. The molecule has 1 heterocycles. The van der Waals surface area contributed by atoms with Crippen molar-refractivity contribution in [3.8, 4) is 0 Å². The van der Waals surface area contributed by atoms with Crippen LogP contribution in [0.5, 0.6) is 0 Å². The van der Waals surface area contributed by atoms with Gasteiger partial charge < -0.3 is 15.0 Å². The van der Waals surface area contributed by atoms with Crippen molar-refractivity contribution in [2.75, 3.05) is 6.61 Å². The van der Waals surface area contributed by atoms with Crippen LogP contribution in [0.3, 0.4) is 0 Å². The third kappa shape index (κ3) is 2.79. The molecule has 0 aliphatic rings. The van der Waals surface area contributed by atoms with E-state index in [2.05, 4.69) is 10.1 Å². The smallest absolute Gasteiger partial charge is 0.379 e. The van der Waals surface area contributed by atoms with E-state index in [1.165, 1.54) is 0 Å². The van der Waals surface area contributed by atoms with Crippen LogP contribution in [0, 0.1) is 5.92 Å². The minimum absolute atomic E-state index is 0.0735. The first-order valence-electron chi connectivity index (χ1n) is 5.36. The normalized spacial score (nSPS) is 14.5. The fourth-order valence-corrected chi connectivity index (χ4v) is 1.15. The number of hydrogen-bond donors (Lipinski definition) is 1. The van der Waals surface area contributed by atoms with Crippen LogP contribution in [-0.2, 0) is 4.74 Å². The van der Waals surface area contributed by atoms with Crippen LogP contribution >= 0.6 is 0 Å². The molecule has 6 nitrogen and oxygen atoms in total. The Balaban J connectivity index is 2.74. The van der Waals surface area contributed by atoms with Gasteiger partial charge in [0.05, 0.1) is 12.6 Å². The van der Waals surface area contributed by atoms with Crippen molar-refractivity contribution in [2.24, 2.45) is 11.7 Å². The molecular weight excluding hydrogens is 210 g/mol. The maximum atomic E-state index is 11.3. The van der Waals surface area contributed by atoms with Gasteiger partial charge in [-0.15, -0.1) is 0 Å². The number of carbonyl (C=O) groups excluding carboxylic acids is 1. The van der Waals surface area contributed by atoms with Crippen molar-refractivity contribution in [1.29, 1.82) is 0 Å². The van der Waals surface area contributed by atoms with Crippen molar-refractivity contribution in [1.82, 2.24) is 10.1 Å². The lowest BCUT2D eigenvalue weighted by Gasteiger charge is -2.12. The van der Waals surface area contributed by atoms with Crippen molar-refractivity contribution in [3.63, 3.8) is 0 Å². The number of rotatable bonds is 5. The average molecular weight is 227 g/mol. The van der Waals surface area contributed by atoms with E-state index < -0.39 is 5.97 Å². The molecular formula is C10H17N3O3. The van der Waals surface area contributed by atoms with Gasteiger partial charge in [-0.2, -0.15) is 4.98 Å². The summed E-state index contributed by atoms with van der Waals surface area (Å²) in [5.74, 6) is -0.169. The van der Waals surface area contributed by atoms with Crippen LogP contribution in [0.25, 0.3) is 0 Å². The van der Waals surface area contributed by atoms with Gasteiger partial charge >= 0.3 is 5.97 Å². The van der Waals surface area contributed by atoms with Gasteiger partial charge in [-0.1, -0.05) is 20.3 Å². The fraction of sp³-hybridized carbons (Fsp3) is 0.700. The molecule has 1 rings (SSSR count). The maximum Gasteiger partial charge on any atom is 0.379 e. The highest BCUT2D eigenvalue weighted by Gasteiger charge is 2.22. The Bertz CT molecular complexity index is 351. The third-order valence-electron chi connectivity index (χ3n) is 2.44. The Morgan fingerprint density at radius 2 is 2.25 bits per heavy atom. The first-order valence-corrected chi connectivity index (χ1v) is 5.36. The summed E-state index contributed by atoms with van der Waals surface area (Å²) in [5.41, 5.74) is 5.89. The van der Waals surface area contributed by atoms with Gasteiger partial charge in [0, 0.05) is 0 Å². The fourth-order valence-electron chi connectivity index (χ4n) is 1.15. The number of esters is 1. The first-order chi connectivity index (χ1) is 7.60. The molecule has 0 saturated carbocycles. The monoisotopic (exact) mass is 227 g/mol. The van der Waals surface area contributed by atoms with Crippen molar-refractivity contribution >= 4 is 5.97 Å². The Morgan fingerprint density at radius 3 is 2.81 bits per heavy atom. The number of ether oxygens (including phenoxy) is 1. The van der Waals surface area contributed by atoms with E-state index in [9.17, 15) is 4.79 Å². The highest BCUT2D eigenvalue weighted by atomic mass is 16.5. The van der Waals surface area contributed by atoms with E-state index in [4.69, 9.17) is 15.0 Å². The SMILES string of the molecule is CCOC(=O)c1noc([C@@H](N)[C@@H](C)CC)n1. The molecule has 0 fully saturated rings. The van der Waals surface area contributed by atoms with Crippen LogP contribution in [-0.4, -0.2) is 22.7 Å². The van der Waals surface area contributed by atoms with Crippen LogP contribution in [0.2, 0.25) is 0 Å². The molecule has 1 aromatic heterocycles. The molecule has 2 N–H and O–H groups in total. The summed E-state index contributed by atoms with van der Waals surface area (Å²) in [5, 5.41) is 3.53. The molecule has 1 aromatic rings. The summed E-state index contributed by atoms with van der Waals surface area (Å²) in [7, 11) is 0. The molecule has 16 heavy (non-hydrogen) atoms. The summed E-state index contributed by atoms with van der Waals surface area (Å²) in [6.45, 7) is 6.00. The Labute approximate surface area is 94.2 Å². The largest absolute Gasteiger partial charge is 0.460 e. The summed E-state index contributed by atoms with van der Waals surface area (Å²) in [6.07, 6.45) is 0.901. The maximum absolute atomic E-state index is 11.3. The number of nitrogens with zero attached hydrogens (tertiary/aromatic N) is 2. The molecule has 0 aliphatic heterocycles. The van der Waals surface area contributed by atoms with E-state index in [0.717, 1.165) is 6.42 Å². The van der Waals surface area contributed by atoms with Gasteiger partial charge in [0.15, 0.2) is 0 Å². The van der Waals surface area contributed by atoms with Crippen LogP contribution in [0.1, 0.15) is 49.7 Å². The van der Waals surface area contributed by atoms with Crippen molar-refractivity contribution < 1.29 is 14.1 Å². The minimum Gasteiger partial charge on any atom is -0.460 e. The molecule has 0 amide bonds.